The Morgan fingerprint density at radius 2 is 2.17 bits per heavy atom. The van der Waals surface area contributed by atoms with Crippen molar-refractivity contribution < 1.29 is 9.32 Å². The van der Waals surface area contributed by atoms with Crippen LogP contribution in [0.2, 0.25) is 0 Å². The molecule has 0 unspecified atom stereocenters. The summed E-state index contributed by atoms with van der Waals surface area (Å²) in [5.41, 5.74) is 7.71. The van der Waals surface area contributed by atoms with Gasteiger partial charge in [0, 0.05) is 18.2 Å². The van der Waals surface area contributed by atoms with E-state index in [1.807, 2.05) is 6.92 Å². The number of rotatable bonds is 3. The van der Waals surface area contributed by atoms with Crippen molar-refractivity contribution in [2.75, 3.05) is 5.73 Å². The lowest BCUT2D eigenvalue weighted by Gasteiger charge is -2.05. The first-order valence-corrected chi connectivity index (χ1v) is 5.49. The van der Waals surface area contributed by atoms with Crippen LogP contribution in [-0.2, 0) is 6.54 Å². The molecule has 0 atom stereocenters. The average molecular weight is 246 g/mol. The normalized spacial score (nSPS) is 10.3. The summed E-state index contributed by atoms with van der Waals surface area (Å²) in [4.78, 5) is 15.9. The third kappa shape index (κ3) is 2.85. The van der Waals surface area contributed by atoms with E-state index in [0.717, 1.165) is 5.56 Å². The predicted octanol–water partition coefficient (Wildman–Crippen LogP) is 1.20. The number of hydrogen-bond acceptors (Lipinski definition) is 5. The van der Waals surface area contributed by atoms with Gasteiger partial charge in [-0.15, -0.1) is 0 Å². The highest BCUT2D eigenvalue weighted by Crippen LogP contribution is 2.11. The standard InChI is InChI=1S/C12H14N4O2/c1-7-3-9(5-10(13)4-7)12(17)14-6-11-15-8(2)18-16-11/h3-5H,6,13H2,1-2H3,(H,14,17). The van der Waals surface area contributed by atoms with Crippen molar-refractivity contribution in [1.29, 1.82) is 0 Å². The lowest BCUT2D eigenvalue weighted by molar-refractivity contribution is 0.0949. The number of nitrogens with zero attached hydrogens (tertiary/aromatic N) is 2. The fourth-order valence-corrected chi connectivity index (χ4v) is 1.62. The van der Waals surface area contributed by atoms with E-state index in [4.69, 9.17) is 10.3 Å². The summed E-state index contributed by atoms with van der Waals surface area (Å²) in [5.74, 6) is 0.702. The van der Waals surface area contributed by atoms with Crippen LogP contribution in [0.1, 0.15) is 27.6 Å². The molecule has 0 saturated carbocycles. The number of amides is 1. The minimum absolute atomic E-state index is 0.215. The minimum Gasteiger partial charge on any atom is -0.399 e. The Morgan fingerprint density at radius 3 is 2.78 bits per heavy atom. The molecule has 0 spiro atoms. The number of carbonyl (C=O) groups is 1. The molecule has 0 fully saturated rings. The Kier molecular flexibility index (Phi) is 3.27. The van der Waals surface area contributed by atoms with Gasteiger partial charge in [-0.2, -0.15) is 4.98 Å². The molecule has 0 radical (unpaired) electrons. The molecule has 2 rings (SSSR count). The lowest BCUT2D eigenvalue weighted by atomic mass is 10.1. The van der Waals surface area contributed by atoms with Gasteiger partial charge in [0.2, 0.25) is 5.89 Å². The first kappa shape index (κ1) is 12.1. The van der Waals surface area contributed by atoms with Gasteiger partial charge in [-0.05, 0) is 30.7 Å². The van der Waals surface area contributed by atoms with Crippen LogP contribution in [0.5, 0.6) is 0 Å². The van der Waals surface area contributed by atoms with Crippen LogP contribution in [0.4, 0.5) is 5.69 Å². The molecule has 1 aromatic carbocycles. The third-order valence-electron chi connectivity index (χ3n) is 2.34. The number of aromatic nitrogens is 2. The lowest BCUT2D eigenvalue weighted by Crippen LogP contribution is -2.23. The Morgan fingerprint density at radius 1 is 1.39 bits per heavy atom. The van der Waals surface area contributed by atoms with Crippen molar-refractivity contribution in [3.8, 4) is 0 Å². The number of nitrogens with two attached hydrogens (primary N) is 1. The second kappa shape index (κ2) is 4.87. The fraction of sp³-hybridized carbons (Fsp3) is 0.250. The van der Waals surface area contributed by atoms with Crippen molar-refractivity contribution in [1.82, 2.24) is 15.5 Å². The largest absolute Gasteiger partial charge is 0.399 e. The Balaban J connectivity index is 2.03. The van der Waals surface area contributed by atoms with Gasteiger partial charge in [0.25, 0.3) is 5.91 Å². The number of nitrogen functional groups attached to an aromatic ring is 1. The quantitative estimate of drug-likeness (QED) is 0.793. The molecular weight excluding hydrogens is 232 g/mol. The number of carbonyl (C=O) groups excluding carboxylic acids is 1. The molecule has 2 aromatic rings. The van der Waals surface area contributed by atoms with E-state index in [1.165, 1.54) is 0 Å². The summed E-state index contributed by atoms with van der Waals surface area (Å²) in [6.07, 6.45) is 0. The zero-order valence-electron chi connectivity index (χ0n) is 10.2. The van der Waals surface area contributed by atoms with E-state index in [1.54, 1.807) is 25.1 Å². The fourth-order valence-electron chi connectivity index (χ4n) is 1.62. The molecule has 6 heteroatoms. The highest BCUT2D eigenvalue weighted by Gasteiger charge is 2.08. The summed E-state index contributed by atoms with van der Waals surface area (Å²) in [6, 6.07) is 5.20. The third-order valence-corrected chi connectivity index (χ3v) is 2.34. The molecular formula is C12H14N4O2. The molecule has 1 amide bonds. The molecule has 0 aliphatic heterocycles. The monoisotopic (exact) mass is 246 g/mol. The summed E-state index contributed by atoms with van der Waals surface area (Å²) >= 11 is 0. The number of anilines is 1. The van der Waals surface area contributed by atoms with Crippen LogP contribution in [0.15, 0.2) is 22.7 Å². The Hall–Kier alpha value is -2.37. The van der Waals surface area contributed by atoms with Gasteiger partial charge in [0.15, 0.2) is 5.82 Å². The summed E-state index contributed by atoms with van der Waals surface area (Å²) < 4.78 is 4.81. The highest BCUT2D eigenvalue weighted by molar-refractivity contribution is 5.95. The Bertz CT molecular complexity index is 557. The van der Waals surface area contributed by atoms with E-state index >= 15 is 0 Å². The molecule has 1 heterocycles. The molecule has 18 heavy (non-hydrogen) atoms. The van der Waals surface area contributed by atoms with Crippen molar-refractivity contribution in [3.63, 3.8) is 0 Å². The first-order chi connectivity index (χ1) is 8.54. The molecule has 3 N–H and O–H groups in total. The molecule has 0 aliphatic carbocycles. The maximum absolute atomic E-state index is 11.9. The van der Waals surface area contributed by atoms with Gasteiger partial charge in [0.1, 0.15) is 0 Å². The molecule has 6 nitrogen and oxygen atoms in total. The van der Waals surface area contributed by atoms with Crippen LogP contribution < -0.4 is 11.1 Å². The minimum atomic E-state index is -0.215. The van der Waals surface area contributed by atoms with E-state index in [9.17, 15) is 4.79 Å². The number of nitrogens with one attached hydrogen (secondary N) is 1. The number of benzene rings is 1. The second-order valence-corrected chi connectivity index (χ2v) is 4.04. The van der Waals surface area contributed by atoms with Crippen LogP contribution in [0.3, 0.4) is 0 Å². The topological polar surface area (TPSA) is 94.0 Å². The molecule has 0 aliphatic rings. The number of aryl methyl sites for hydroxylation is 2. The van der Waals surface area contributed by atoms with E-state index in [2.05, 4.69) is 15.5 Å². The highest BCUT2D eigenvalue weighted by atomic mass is 16.5. The van der Waals surface area contributed by atoms with Crippen molar-refractivity contribution in [2.24, 2.45) is 0 Å². The molecule has 94 valence electrons. The van der Waals surface area contributed by atoms with Gasteiger partial charge in [0.05, 0.1) is 6.54 Å². The first-order valence-electron chi connectivity index (χ1n) is 5.49. The van der Waals surface area contributed by atoms with Crippen molar-refractivity contribution in [3.05, 3.63) is 41.0 Å². The maximum atomic E-state index is 11.9. The molecule has 0 saturated heterocycles. The predicted molar refractivity (Wildman–Crippen MR) is 65.8 cm³/mol. The summed E-state index contributed by atoms with van der Waals surface area (Å²) in [5, 5.41) is 6.39. The average Bonchev–Trinajstić information content (AvgIpc) is 2.70. The second-order valence-electron chi connectivity index (χ2n) is 4.04. The van der Waals surface area contributed by atoms with Crippen molar-refractivity contribution >= 4 is 11.6 Å². The van der Waals surface area contributed by atoms with Crippen LogP contribution >= 0.6 is 0 Å². The van der Waals surface area contributed by atoms with E-state index < -0.39 is 0 Å². The molecule has 1 aromatic heterocycles. The Labute approximate surface area is 104 Å². The van der Waals surface area contributed by atoms with Gasteiger partial charge in [-0.25, -0.2) is 0 Å². The smallest absolute Gasteiger partial charge is 0.251 e. The summed E-state index contributed by atoms with van der Waals surface area (Å²) in [7, 11) is 0. The van der Waals surface area contributed by atoms with Gasteiger partial charge >= 0.3 is 0 Å². The van der Waals surface area contributed by atoms with E-state index in [-0.39, 0.29) is 12.5 Å². The van der Waals surface area contributed by atoms with Gasteiger partial charge in [-0.1, -0.05) is 5.16 Å². The maximum Gasteiger partial charge on any atom is 0.251 e. The van der Waals surface area contributed by atoms with Gasteiger partial charge in [-0.3, -0.25) is 4.79 Å². The van der Waals surface area contributed by atoms with Gasteiger partial charge < -0.3 is 15.6 Å². The SMILES string of the molecule is Cc1cc(N)cc(C(=O)NCc2noc(C)n2)c1. The number of hydrogen-bond donors (Lipinski definition) is 2. The van der Waals surface area contributed by atoms with Crippen LogP contribution in [-0.4, -0.2) is 16.0 Å². The van der Waals surface area contributed by atoms with Crippen LogP contribution in [0.25, 0.3) is 0 Å². The summed E-state index contributed by atoms with van der Waals surface area (Å²) in [6.45, 7) is 3.80. The zero-order chi connectivity index (χ0) is 13.1. The van der Waals surface area contributed by atoms with E-state index in [0.29, 0.717) is 23.0 Å². The van der Waals surface area contributed by atoms with Crippen molar-refractivity contribution in [2.45, 2.75) is 20.4 Å². The zero-order valence-corrected chi connectivity index (χ0v) is 10.2. The van der Waals surface area contributed by atoms with Crippen LogP contribution in [0, 0.1) is 13.8 Å². The molecule has 0 bridgehead atoms.